The molecule has 0 radical (unpaired) electrons. The number of phenolic OH excluding ortho intramolecular Hbond substituents is 1. The van der Waals surface area contributed by atoms with Crippen LogP contribution >= 0.6 is 23.4 Å². The van der Waals surface area contributed by atoms with Crippen molar-refractivity contribution in [2.45, 2.75) is 43.7 Å². The molecule has 2 aliphatic rings. The van der Waals surface area contributed by atoms with Crippen LogP contribution in [0.4, 0.5) is 4.39 Å². The Bertz CT molecular complexity index is 1390. The van der Waals surface area contributed by atoms with Gasteiger partial charge in [0.05, 0.1) is 6.04 Å². The van der Waals surface area contributed by atoms with Crippen molar-refractivity contribution >= 4 is 29.3 Å². The summed E-state index contributed by atoms with van der Waals surface area (Å²) < 4.78 is 13.7. The average molecular weight is 625 g/mol. The Morgan fingerprint density at radius 2 is 1.72 bits per heavy atom. The Hall–Kier alpha value is -2.62. The third-order valence-electron chi connectivity index (χ3n) is 8.79. The zero-order valence-corrected chi connectivity index (χ0v) is 26.4. The number of nitrogens with two attached hydrogens (primary N) is 1. The van der Waals surface area contributed by atoms with Gasteiger partial charge in [-0.3, -0.25) is 9.69 Å². The lowest BCUT2D eigenvalue weighted by atomic mass is 9.88. The quantitative estimate of drug-likeness (QED) is 0.274. The van der Waals surface area contributed by atoms with E-state index >= 15 is 0 Å². The fourth-order valence-corrected chi connectivity index (χ4v) is 7.30. The van der Waals surface area contributed by atoms with Gasteiger partial charge in [-0.2, -0.15) is 0 Å². The predicted molar refractivity (Wildman–Crippen MR) is 174 cm³/mol. The van der Waals surface area contributed by atoms with Gasteiger partial charge >= 0.3 is 0 Å². The third kappa shape index (κ3) is 8.11. The molecule has 0 aliphatic carbocycles. The third-order valence-corrected chi connectivity index (χ3v) is 10.0. The molecule has 9 heteroatoms. The molecule has 6 nitrogen and oxygen atoms in total. The van der Waals surface area contributed by atoms with E-state index < -0.39 is 6.04 Å². The molecule has 43 heavy (non-hydrogen) atoms. The van der Waals surface area contributed by atoms with Crippen molar-refractivity contribution in [1.29, 1.82) is 0 Å². The molecule has 2 aliphatic heterocycles. The molecule has 3 aromatic carbocycles. The molecule has 0 spiro atoms. The first kappa shape index (κ1) is 31.8. The van der Waals surface area contributed by atoms with E-state index in [1.807, 2.05) is 47.4 Å². The van der Waals surface area contributed by atoms with Crippen LogP contribution in [0.2, 0.25) is 5.02 Å². The molecule has 3 N–H and O–H groups in total. The van der Waals surface area contributed by atoms with Crippen molar-refractivity contribution in [3.8, 4) is 16.9 Å². The number of halogens is 2. The number of rotatable bonds is 10. The summed E-state index contributed by atoms with van der Waals surface area (Å²) in [5.41, 5.74) is 10.6. The Morgan fingerprint density at radius 1 is 0.977 bits per heavy atom. The summed E-state index contributed by atoms with van der Waals surface area (Å²) in [5.74, 6) is 1.21. The van der Waals surface area contributed by atoms with Gasteiger partial charge in [-0.1, -0.05) is 48.9 Å². The first-order valence-corrected chi connectivity index (χ1v) is 16.7. The van der Waals surface area contributed by atoms with Crippen LogP contribution in [0.5, 0.6) is 5.75 Å². The number of amides is 1. The number of para-hydroxylation sites is 1. The number of carbonyl (C=O) groups is 1. The predicted octanol–water partition coefficient (Wildman–Crippen LogP) is 5.89. The maximum Gasteiger partial charge on any atom is 0.239 e. The maximum atomic E-state index is 13.7. The minimum atomic E-state index is -0.473. The number of likely N-dealkylation sites (tertiary alicyclic amines) is 1. The van der Waals surface area contributed by atoms with Crippen LogP contribution in [0, 0.1) is 11.7 Å². The molecular formula is C34H42ClFN4O2S. The molecule has 2 fully saturated rings. The zero-order chi connectivity index (χ0) is 30.3. The van der Waals surface area contributed by atoms with Gasteiger partial charge in [-0.15, -0.1) is 11.8 Å². The summed E-state index contributed by atoms with van der Waals surface area (Å²) in [4.78, 5) is 21.1. The van der Waals surface area contributed by atoms with Crippen molar-refractivity contribution in [2.75, 3.05) is 51.6 Å². The molecule has 5 rings (SSSR count). The number of hydrogen-bond acceptors (Lipinski definition) is 6. The molecular weight excluding hydrogens is 583 g/mol. The van der Waals surface area contributed by atoms with Crippen LogP contribution in [-0.2, 0) is 17.8 Å². The van der Waals surface area contributed by atoms with Crippen LogP contribution in [0.3, 0.4) is 0 Å². The first-order valence-electron chi connectivity index (χ1n) is 15.3. The number of benzene rings is 3. The number of hydrogen-bond donors (Lipinski definition) is 2. The van der Waals surface area contributed by atoms with Gasteiger partial charge < -0.3 is 20.6 Å². The Morgan fingerprint density at radius 3 is 2.44 bits per heavy atom. The number of piperidine rings is 1. The summed E-state index contributed by atoms with van der Waals surface area (Å²) in [6.07, 6.45) is 2.62. The van der Waals surface area contributed by atoms with Gasteiger partial charge in [0.1, 0.15) is 11.6 Å². The minimum absolute atomic E-state index is 0.0633. The van der Waals surface area contributed by atoms with Crippen LogP contribution in [0.25, 0.3) is 11.1 Å². The van der Waals surface area contributed by atoms with E-state index in [0.29, 0.717) is 18.1 Å². The SMILES string of the molecule is CCSc1cc(F)ccc1CN1CCN(C(=O)[C@H](N)C2CCN(CCc3cc(Cl)ccc3-c3ccccc3O)CC2)CC1. The minimum Gasteiger partial charge on any atom is -0.507 e. The second-order valence-corrected chi connectivity index (χ2v) is 13.3. The highest BCUT2D eigenvalue weighted by Gasteiger charge is 2.33. The lowest BCUT2D eigenvalue weighted by molar-refractivity contribution is -0.136. The lowest BCUT2D eigenvalue weighted by Gasteiger charge is -2.39. The fraction of sp³-hybridized carbons (Fsp3) is 0.441. The molecule has 0 unspecified atom stereocenters. The van der Waals surface area contributed by atoms with Gasteiger partial charge in [-0.25, -0.2) is 4.39 Å². The van der Waals surface area contributed by atoms with E-state index in [-0.39, 0.29) is 23.4 Å². The normalized spacial score (nSPS) is 17.7. The van der Waals surface area contributed by atoms with Gasteiger partial charge in [-0.05, 0) is 91.0 Å². The van der Waals surface area contributed by atoms with Crippen LogP contribution < -0.4 is 5.73 Å². The number of carbonyl (C=O) groups excluding carboxylic acids is 1. The number of thioether (sulfide) groups is 1. The summed E-state index contributed by atoms with van der Waals surface area (Å²) in [7, 11) is 0. The summed E-state index contributed by atoms with van der Waals surface area (Å²) in [5, 5.41) is 11.1. The molecule has 0 aromatic heterocycles. The van der Waals surface area contributed by atoms with Crippen LogP contribution in [-0.4, -0.2) is 83.3 Å². The lowest BCUT2D eigenvalue weighted by Crippen LogP contribution is -2.55. The molecule has 2 saturated heterocycles. The number of aromatic hydroxyl groups is 1. The first-order chi connectivity index (χ1) is 20.8. The number of phenols is 1. The molecule has 3 aromatic rings. The highest BCUT2D eigenvalue weighted by atomic mass is 35.5. The van der Waals surface area contributed by atoms with Crippen LogP contribution in [0.15, 0.2) is 65.6 Å². The fourth-order valence-electron chi connectivity index (χ4n) is 6.28. The van der Waals surface area contributed by atoms with Crippen molar-refractivity contribution in [1.82, 2.24) is 14.7 Å². The van der Waals surface area contributed by atoms with Crippen molar-refractivity contribution in [3.63, 3.8) is 0 Å². The van der Waals surface area contributed by atoms with E-state index in [4.69, 9.17) is 17.3 Å². The van der Waals surface area contributed by atoms with Gasteiger partial charge in [0, 0.05) is 54.8 Å². The molecule has 1 atom stereocenters. The standard InChI is InChI=1S/C34H42ClFN4O2S/c1-2-43-32-22-28(36)9-7-26(32)23-39-17-19-40(20-18-39)34(42)33(37)24-11-14-38(15-12-24)16-13-25-21-27(35)8-10-29(25)30-5-3-4-6-31(30)41/h3-10,21-22,24,33,41H,2,11-20,23,37H2,1H3/t33-/m1/s1. The average Bonchev–Trinajstić information content (AvgIpc) is 3.02. The van der Waals surface area contributed by atoms with Gasteiger partial charge in [0.15, 0.2) is 0 Å². The van der Waals surface area contributed by atoms with Crippen molar-refractivity contribution < 1.29 is 14.3 Å². The largest absolute Gasteiger partial charge is 0.507 e. The second kappa shape index (κ2) is 14.9. The molecule has 0 saturated carbocycles. The summed E-state index contributed by atoms with van der Waals surface area (Å²) in [6.45, 7) is 8.44. The monoisotopic (exact) mass is 624 g/mol. The van der Waals surface area contributed by atoms with Crippen LogP contribution in [0.1, 0.15) is 30.9 Å². The smallest absolute Gasteiger partial charge is 0.239 e. The molecule has 230 valence electrons. The van der Waals surface area contributed by atoms with E-state index in [1.165, 1.54) is 6.07 Å². The number of nitrogens with zero attached hydrogens (tertiary/aromatic N) is 3. The van der Waals surface area contributed by atoms with E-state index in [2.05, 4.69) is 16.7 Å². The Kier molecular flexibility index (Phi) is 11.0. The van der Waals surface area contributed by atoms with Gasteiger partial charge in [0.25, 0.3) is 0 Å². The Labute approximate surface area is 264 Å². The van der Waals surface area contributed by atoms with E-state index in [0.717, 1.165) is 91.4 Å². The second-order valence-electron chi connectivity index (χ2n) is 11.6. The van der Waals surface area contributed by atoms with E-state index in [1.54, 1.807) is 23.9 Å². The topological polar surface area (TPSA) is 73.0 Å². The number of piperazine rings is 1. The summed E-state index contributed by atoms with van der Waals surface area (Å²) >= 11 is 8.01. The molecule has 2 heterocycles. The highest BCUT2D eigenvalue weighted by Crippen LogP contribution is 2.33. The van der Waals surface area contributed by atoms with Crippen molar-refractivity contribution in [3.05, 3.63) is 82.6 Å². The molecule has 1 amide bonds. The summed E-state index contributed by atoms with van der Waals surface area (Å²) in [6, 6.07) is 17.8. The molecule has 0 bridgehead atoms. The van der Waals surface area contributed by atoms with E-state index in [9.17, 15) is 14.3 Å². The van der Waals surface area contributed by atoms with Gasteiger partial charge in [0.2, 0.25) is 5.91 Å². The zero-order valence-electron chi connectivity index (χ0n) is 24.9. The Balaban J connectivity index is 1.09. The maximum absolute atomic E-state index is 13.7. The highest BCUT2D eigenvalue weighted by molar-refractivity contribution is 7.99. The van der Waals surface area contributed by atoms with Crippen molar-refractivity contribution in [2.24, 2.45) is 11.7 Å².